The highest BCUT2D eigenvalue weighted by Crippen LogP contribution is 2.22. The molecule has 0 aliphatic carbocycles. The fourth-order valence-electron chi connectivity index (χ4n) is 2.97. The molecule has 0 atom stereocenters. The molecule has 5 heteroatoms. The molecule has 3 aromatic rings. The molecule has 0 saturated carbocycles. The summed E-state index contributed by atoms with van der Waals surface area (Å²) in [5, 5.41) is 0. The normalized spacial score (nSPS) is 12.7. The van der Waals surface area contributed by atoms with Crippen LogP contribution in [0.1, 0.15) is 22.8 Å². The van der Waals surface area contributed by atoms with E-state index in [0.717, 1.165) is 48.4 Å². The van der Waals surface area contributed by atoms with Gasteiger partial charge in [-0.1, -0.05) is 0 Å². The Hall–Kier alpha value is -2.67. The Morgan fingerprint density at radius 2 is 1.28 bits per heavy atom. The largest absolute Gasteiger partial charge is 0.355 e. The molecule has 120 valence electrons. The van der Waals surface area contributed by atoms with Crippen LogP contribution in [0.25, 0.3) is 46.4 Å². The van der Waals surface area contributed by atoms with Gasteiger partial charge < -0.3 is 9.97 Å². The molecule has 5 rings (SSSR count). The summed E-state index contributed by atoms with van der Waals surface area (Å²) in [6.07, 6.45) is 8.10. The molecular weight excluding hydrogens is 423 g/mol. The van der Waals surface area contributed by atoms with E-state index in [0.29, 0.717) is 0 Å². The van der Waals surface area contributed by atoms with Gasteiger partial charge in [-0.05, 0) is 89.4 Å². The molecule has 0 amide bonds. The summed E-state index contributed by atoms with van der Waals surface area (Å²) in [5.41, 5.74) is 7.93. The highest BCUT2D eigenvalue weighted by atomic mass is 127. The Balaban J connectivity index is 1.88. The van der Waals surface area contributed by atoms with Gasteiger partial charge in [0.05, 0.1) is 31.9 Å². The zero-order valence-corrected chi connectivity index (χ0v) is 15.3. The van der Waals surface area contributed by atoms with Crippen LogP contribution in [0.2, 0.25) is 0 Å². The monoisotopic (exact) mass is 436 g/mol. The number of rotatable bonds is 0. The van der Waals surface area contributed by atoms with Crippen molar-refractivity contribution in [2.45, 2.75) is 0 Å². The molecular formula is C20H13IN4. The van der Waals surface area contributed by atoms with Gasteiger partial charge in [0.1, 0.15) is 0 Å². The molecule has 0 fully saturated rings. The molecule has 2 N–H and O–H groups in total. The SMILES string of the molecule is Ic1c2nc(cc3nc(cc4ccc(cc5ccc1[nH]5)[nH]4)C=C3)C=C2. The number of fused-ring (bicyclic) bond motifs is 8. The number of hydrogen-bond acceptors (Lipinski definition) is 2. The molecule has 4 nitrogen and oxygen atoms in total. The molecule has 2 aliphatic rings. The molecule has 3 aromatic heterocycles. The predicted octanol–water partition coefficient (Wildman–Crippen LogP) is 5.26. The van der Waals surface area contributed by atoms with Crippen molar-refractivity contribution in [3.8, 4) is 0 Å². The third kappa shape index (κ3) is 2.80. The van der Waals surface area contributed by atoms with E-state index in [2.05, 4.69) is 67.9 Å². The molecule has 0 unspecified atom stereocenters. The maximum absolute atomic E-state index is 4.71. The van der Waals surface area contributed by atoms with Gasteiger partial charge in [-0.3, -0.25) is 0 Å². The summed E-state index contributed by atoms with van der Waals surface area (Å²) in [7, 11) is 0. The highest BCUT2D eigenvalue weighted by Gasteiger charge is 2.06. The van der Waals surface area contributed by atoms with Crippen molar-refractivity contribution in [1.29, 1.82) is 0 Å². The van der Waals surface area contributed by atoms with Crippen LogP contribution in [0.15, 0.2) is 42.5 Å². The number of nitrogens with zero attached hydrogens (tertiary/aromatic N) is 2. The number of nitrogens with one attached hydrogen (secondary N) is 2. The van der Waals surface area contributed by atoms with E-state index in [9.17, 15) is 0 Å². The van der Waals surface area contributed by atoms with Gasteiger partial charge in [0.15, 0.2) is 0 Å². The lowest BCUT2D eigenvalue weighted by Gasteiger charge is -1.91. The summed E-state index contributed by atoms with van der Waals surface area (Å²) in [6, 6.07) is 14.4. The van der Waals surface area contributed by atoms with Gasteiger partial charge in [-0.25, -0.2) is 9.97 Å². The zero-order chi connectivity index (χ0) is 16.8. The van der Waals surface area contributed by atoms with Gasteiger partial charge in [0, 0.05) is 16.6 Å². The fraction of sp³-hybridized carbons (Fsp3) is 0. The van der Waals surface area contributed by atoms with Crippen molar-refractivity contribution in [3.63, 3.8) is 0 Å². The van der Waals surface area contributed by atoms with Crippen molar-refractivity contribution in [3.05, 3.63) is 68.8 Å². The van der Waals surface area contributed by atoms with Crippen molar-refractivity contribution >= 4 is 69.0 Å². The van der Waals surface area contributed by atoms with Crippen LogP contribution in [0.4, 0.5) is 0 Å². The number of aromatic amines is 2. The molecule has 0 saturated heterocycles. The van der Waals surface area contributed by atoms with E-state index >= 15 is 0 Å². The second-order valence-corrected chi connectivity index (χ2v) is 7.07. The Morgan fingerprint density at radius 1 is 0.640 bits per heavy atom. The van der Waals surface area contributed by atoms with E-state index in [1.54, 1.807) is 0 Å². The van der Waals surface area contributed by atoms with Crippen molar-refractivity contribution < 1.29 is 0 Å². The Bertz CT molecular complexity index is 1210. The van der Waals surface area contributed by atoms with Gasteiger partial charge in [-0.2, -0.15) is 0 Å². The zero-order valence-electron chi connectivity index (χ0n) is 13.1. The predicted molar refractivity (Wildman–Crippen MR) is 112 cm³/mol. The summed E-state index contributed by atoms with van der Waals surface area (Å²) in [6.45, 7) is 0. The third-order valence-electron chi connectivity index (χ3n) is 4.16. The topological polar surface area (TPSA) is 57.4 Å². The van der Waals surface area contributed by atoms with Crippen LogP contribution >= 0.6 is 22.6 Å². The Labute approximate surface area is 157 Å². The first kappa shape index (κ1) is 14.7. The highest BCUT2D eigenvalue weighted by molar-refractivity contribution is 14.1. The van der Waals surface area contributed by atoms with Gasteiger partial charge >= 0.3 is 0 Å². The van der Waals surface area contributed by atoms with Crippen molar-refractivity contribution in [1.82, 2.24) is 19.9 Å². The van der Waals surface area contributed by atoms with Crippen molar-refractivity contribution in [2.24, 2.45) is 0 Å². The van der Waals surface area contributed by atoms with Crippen LogP contribution in [0, 0.1) is 3.57 Å². The van der Waals surface area contributed by atoms with Crippen LogP contribution < -0.4 is 0 Å². The minimum atomic E-state index is 0.915. The molecule has 0 aromatic carbocycles. The quantitative estimate of drug-likeness (QED) is 0.326. The van der Waals surface area contributed by atoms with Crippen LogP contribution in [0.3, 0.4) is 0 Å². The molecule has 5 heterocycles. The lowest BCUT2D eigenvalue weighted by molar-refractivity contribution is 1.27. The molecule has 0 spiro atoms. The summed E-state index contributed by atoms with van der Waals surface area (Å²) in [4.78, 5) is 16.2. The second kappa shape index (κ2) is 5.70. The number of H-pyrrole nitrogens is 2. The molecule has 8 bridgehead atoms. The van der Waals surface area contributed by atoms with E-state index in [1.807, 2.05) is 36.4 Å². The van der Waals surface area contributed by atoms with Gasteiger partial charge in [-0.15, -0.1) is 0 Å². The summed E-state index contributed by atoms with van der Waals surface area (Å²) >= 11 is 2.34. The van der Waals surface area contributed by atoms with Crippen LogP contribution in [-0.4, -0.2) is 19.9 Å². The first-order valence-electron chi connectivity index (χ1n) is 7.96. The third-order valence-corrected chi connectivity index (χ3v) is 5.29. The summed E-state index contributed by atoms with van der Waals surface area (Å²) < 4.78 is 1.10. The average molecular weight is 436 g/mol. The average Bonchev–Trinajstić information content (AvgIpc) is 3.36. The standard InChI is InChI=1S/C20H13IN4/c21-20-18-7-5-16(24-18)10-14-3-1-12(22-14)9-13-2-4-15(23-13)11-17-6-8-19(20)25-17/h1-11,22,24H. The van der Waals surface area contributed by atoms with Gasteiger partial charge in [0.2, 0.25) is 0 Å². The number of halogens is 1. The fourth-order valence-corrected chi connectivity index (χ4v) is 3.59. The van der Waals surface area contributed by atoms with E-state index < -0.39 is 0 Å². The lowest BCUT2D eigenvalue weighted by atomic mass is 10.3. The van der Waals surface area contributed by atoms with Crippen LogP contribution in [0.5, 0.6) is 0 Å². The Morgan fingerprint density at radius 3 is 2.16 bits per heavy atom. The summed E-state index contributed by atoms with van der Waals surface area (Å²) in [5.74, 6) is 0. The maximum Gasteiger partial charge on any atom is 0.0792 e. The molecule has 0 radical (unpaired) electrons. The smallest absolute Gasteiger partial charge is 0.0792 e. The number of hydrogen-bond donors (Lipinski definition) is 2. The molecule has 25 heavy (non-hydrogen) atoms. The van der Waals surface area contributed by atoms with Crippen molar-refractivity contribution in [2.75, 3.05) is 0 Å². The first-order valence-corrected chi connectivity index (χ1v) is 9.04. The Kier molecular flexibility index (Phi) is 3.34. The number of aromatic nitrogens is 4. The van der Waals surface area contributed by atoms with E-state index in [4.69, 9.17) is 4.98 Å². The van der Waals surface area contributed by atoms with E-state index in [1.165, 1.54) is 0 Å². The second-order valence-electron chi connectivity index (χ2n) is 5.99. The minimum Gasteiger partial charge on any atom is -0.355 e. The molecule has 2 aliphatic heterocycles. The first-order chi connectivity index (χ1) is 12.2. The van der Waals surface area contributed by atoms with E-state index in [-0.39, 0.29) is 0 Å². The maximum atomic E-state index is 4.71. The lowest BCUT2D eigenvalue weighted by Crippen LogP contribution is -1.81. The van der Waals surface area contributed by atoms with Crippen LogP contribution in [-0.2, 0) is 0 Å². The minimum absolute atomic E-state index is 0.915. The van der Waals surface area contributed by atoms with Gasteiger partial charge in [0.25, 0.3) is 0 Å².